The van der Waals surface area contributed by atoms with E-state index in [0.717, 1.165) is 5.76 Å². The SMILES string of the molecule is CC1=CN[N]O1. The average molecular weight is 85.1 g/mol. The van der Waals surface area contributed by atoms with Gasteiger partial charge in [-0.15, -0.1) is 0 Å². The molecule has 1 aliphatic rings. The van der Waals surface area contributed by atoms with Crippen molar-refractivity contribution in [2.75, 3.05) is 0 Å². The predicted octanol–water partition coefficient (Wildman–Crippen LogP) is -0.0981. The molecule has 1 radical (unpaired) electrons. The van der Waals surface area contributed by atoms with Gasteiger partial charge in [0.25, 0.3) is 0 Å². The smallest absolute Gasteiger partial charge is 0.143 e. The lowest BCUT2D eigenvalue weighted by atomic mass is 10.6. The van der Waals surface area contributed by atoms with Crippen LogP contribution in [0.2, 0.25) is 0 Å². The van der Waals surface area contributed by atoms with Crippen molar-refractivity contribution in [3.63, 3.8) is 0 Å². The van der Waals surface area contributed by atoms with Gasteiger partial charge in [0, 0.05) is 0 Å². The Labute approximate surface area is 35.9 Å². The molecule has 0 aromatic rings. The van der Waals surface area contributed by atoms with Gasteiger partial charge in [-0.2, -0.15) is 0 Å². The van der Waals surface area contributed by atoms with E-state index in [1.807, 2.05) is 6.92 Å². The summed E-state index contributed by atoms with van der Waals surface area (Å²) in [5.41, 5.74) is 5.83. The lowest BCUT2D eigenvalue weighted by Gasteiger charge is -1.84. The zero-order valence-corrected chi connectivity index (χ0v) is 3.43. The van der Waals surface area contributed by atoms with Gasteiger partial charge >= 0.3 is 0 Å². The zero-order chi connectivity index (χ0) is 4.41. The van der Waals surface area contributed by atoms with E-state index in [4.69, 9.17) is 0 Å². The molecular formula is C3H5N2O. The van der Waals surface area contributed by atoms with Gasteiger partial charge in [-0.1, -0.05) is 0 Å². The molecule has 0 aromatic carbocycles. The Balaban J connectivity index is 2.45. The second-order valence-corrected chi connectivity index (χ2v) is 1.07. The fourth-order valence-electron chi connectivity index (χ4n) is 0.242. The van der Waals surface area contributed by atoms with Crippen LogP contribution in [-0.2, 0) is 4.84 Å². The molecule has 3 heteroatoms. The van der Waals surface area contributed by atoms with Gasteiger partial charge < -0.3 is 4.84 Å². The van der Waals surface area contributed by atoms with Crippen molar-refractivity contribution >= 4 is 0 Å². The van der Waals surface area contributed by atoms with Gasteiger partial charge in [0.1, 0.15) is 5.76 Å². The summed E-state index contributed by atoms with van der Waals surface area (Å²) >= 11 is 0. The lowest BCUT2D eigenvalue weighted by Crippen LogP contribution is -2.08. The molecule has 0 saturated heterocycles. The van der Waals surface area contributed by atoms with Crippen LogP contribution < -0.4 is 11.0 Å². The minimum absolute atomic E-state index is 0.801. The molecular weight excluding hydrogens is 80.0 g/mol. The van der Waals surface area contributed by atoms with E-state index < -0.39 is 0 Å². The molecule has 1 N–H and O–H groups in total. The standard InChI is InChI=1S/C3H5N2O/c1-3-2-4-5-6-3/h2,4H,1H3. The lowest BCUT2D eigenvalue weighted by molar-refractivity contribution is 0.103. The highest BCUT2D eigenvalue weighted by atomic mass is 16.7. The first-order valence-corrected chi connectivity index (χ1v) is 1.69. The molecule has 0 atom stereocenters. The van der Waals surface area contributed by atoms with Crippen molar-refractivity contribution in [2.24, 2.45) is 0 Å². The summed E-state index contributed by atoms with van der Waals surface area (Å²) in [6, 6.07) is 0. The number of hydrogen-bond donors (Lipinski definition) is 1. The van der Waals surface area contributed by atoms with E-state index in [0.29, 0.717) is 0 Å². The Morgan fingerprint density at radius 2 is 2.83 bits per heavy atom. The molecule has 0 spiro atoms. The van der Waals surface area contributed by atoms with E-state index >= 15 is 0 Å². The third kappa shape index (κ3) is 0.440. The Hall–Kier alpha value is -0.700. The molecule has 3 nitrogen and oxygen atoms in total. The van der Waals surface area contributed by atoms with Crippen molar-refractivity contribution in [1.82, 2.24) is 11.0 Å². The molecule has 1 heterocycles. The molecule has 1 aliphatic heterocycles. The molecule has 33 valence electrons. The maximum atomic E-state index is 4.53. The third-order valence-electron chi connectivity index (χ3n) is 0.510. The molecule has 0 bridgehead atoms. The number of nitrogens with zero attached hydrogens (tertiary/aromatic N) is 1. The maximum absolute atomic E-state index is 4.53. The number of rotatable bonds is 0. The topological polar surface area (TPSA) is 35.4 Å². The number of nitrogens with one attached hydrogen (secondary N) is 1. The van der Waals surface area contributed by atoms with Crippen LogP contribution >= 0.6 is 0 Å². The molecule has 0 unspecified atom stereocenters. The molecule has 0 fully saturated rings. The largest absolute Gasteiger partial charge is 0.371 e. The molecule has 6 heavy (non-hydrogen) atoms. The van der Waals surface area contributed by atoms with Gasteiger partial charge in [0.05, 0.1) is 11.8 Å². The summed E-state index contributed by atoms with van der Waals surface area (Å²) in [7, 11) is 0. The van der Waals surface area contributed by atoms with Crippen LogP contribution in [0.3, 0.4) is 0 Å². The summed E-state index contributed by atoms with van der Waals surface area (Å²) in [5.74, 6) is 0.801. The van der Waals surface area contributed by atoms with Crippen LogP contribution in [0.5, 0.6) is 0 Å². The number of hydrogen-bond acceptors (Lipinski definition) is 2. The fraction of sp³-hybridized carbons (Fsp3) is 0.333. The second-order valence-electron chi connectivity index (χ2n) is 1.07. The van der Waals surface area contributed by atoms with Crippen molar-refractivity contribution in [2.45, 2.75) is 6.92 Å². The molecule has 0 aliphatic carbocycles. The third-order valence-corrected chi connectivity index (χ3v) is 0.510. The second kappa shape index (κ2) is 1.18. The highest BCUT2D eigenvalue weighted by molar-refractivity contribution is 4.86. The van der Waals surface area contributed by atoms with Crippen LogP contribution in [0, 0.1) is 0 Å². The highest BCUT2D eigenvalue weighted by Gasteiger charge is 1.95. The predicted molar refractivity (Wildman–Crippen MR) is 20.1 cm³/mol. The summed E-state index contributed by atoms with van der Waals surface area (Å²) in [6.07, 6.45) is 1.68. The van der Waals surface area contributed by atoms with Crippen LogP contribution in [0.15, 0.2) is 12.0 Å². The Bertz CT molecular complexity index is 78.9. The fourth-order valence-corrected chi connectivity index (χ4v) is 0.242. The average Bonchev–Trinajstić information content (AvgIpc) is 1.86. The van der Waals surface area contributed by atoms with E-state index in [2.05, 4.69) is 15.9 Å². The minimum atomic E-state index is 0.801. The van der Waals surface area contributed by atoms with E-state index in [-0.39, 0.29) is 0 Å². The molecule has 1 rings (SSSR count). The van der Waals surface area contributed by atoms with Crippen LogP contribution in [-0.4, -0.2) is 0 Å². The van der Waals surface area contributed by atoms with E-state index in [1.54, 1.807) is 6.20 Å². The van der Waals surface area contributed by atoms with Gasteiger partial charge in [-0.3, -0.25) is 5.43 Å². The summed E-state index contributed by atoms with van der Waals surface area (Å²) in [4.78, 5) is 4.53. The van der Waals surface area contributed by atoms with Crippen molar-refractivity contribution in [3.05, 3.63) is 12.0 Å². The molecule has 0 saturated carbocycles. The minimum Gasteiger partial charge on any atom is -0.371 e. The van der Waals surface area contributed by atoms with Crippen LogP contribution in [0.25, 0.3) is 0 Å². The van der Waals surface area contributed by atoms with Crippen LogP contribution in [0.1, 0.15) is 6.92 Å². The molecule has 0 aromatic heterocycles. The zero-order valence-electron chi connectivity index (χ0n) is 3.43. The Morgan fingerprint density at radius 3 is 3.00 bits per heavy atom. The first kappa shape index (κ1) is 3.49. The number of allylic oxidation sites excluding steroid dienone is 1. The first-order valence-electron chi connectivity index (χ1n) is 1.69. The van der Waals surface area contributed by atoms with E-state index in [9.17, 15) is 0 Å². The van der Waals surface area contributed by atoms with Crippen molar-refractivity contribution in [3.8, 4) is 0 Å². The van der Waals surface area contributed by atoms with Crippen LogP contribution in [0.4, 0.5) is 0 Å². The van der Waals surface area contributed by atoms with Gasteiger partial charge in [-0.25, -0.2) is 0 Å². The quantitative estimate of drug-likeness (QED) is 0.446. The van der Waals surface area contributed by atoms with Crippen molar-refractivity contribution in [1.29, 1.82) is 0 Å². The summed E-state index contributed by atoms with van der Waals surface area (Å²) in [5, 5.41) is 0. The Kier molecular flexibility index (Phi) is 0.686. The normalized spacial score (nSPS) is 18.5. The van der Waals surface area contributed by atoms with E-state index in [1.165, 1.54) is 0 Å². The summed E-state index contributed by atoms with van der Waals surface area (Å²) < 4.78 is 0. The van der Waals surface area contributed by atoms with Crippen molar-refractivity contribution < 1.29 is 4.84 Å². The first-order chi connectivity index (χ1) is 2.89. The Morgan fingerprint density at radius 1 is 2.00 bits per heavy atom. The van der Waals surface area contributed by atoms with Gasteiger partial charge in [-0.05, 0) is 6.92 Å². The highest BCUT2D eigenvalue weighted by Crippen LogP contribution is 1.92. The molecule has 0 amide bonds. The van der Waals surface area contributed by atoms with Gasteiger partial charge in [0.15, 0.2) is 0 Å². The monoisotopic (exact) mass is 85.0 g/mol. The summed E-state index contributed by atoms with van der Waals surface area (Å²) in [6.45, 7) is 1.82. The van der Waals surface area contributed by atoms with Gasteiger partial charge in [0.2, 0.25) is 0 Å². The maximum Gasteiger partial charge on any atom is 0.143 e.